The Kier molecular flexibility index (Phi) is 5.62. The fourth-order valence-corrected chi connectivity index (χ4v) is 3.91. The highest BCUT2D eigenvalue weighted by molar-refractivity contribution is 5.91. The second-order valence-corrected chi connectivity index (χ2v) is 7.09. The first-order chi connectivity index (χ1) is 13.0. The largest absolute Gasteiger partial charge is 0.372 e. The van der Waals surface area contributed by atoms with E-state index in [1.165, 1.54) is 0 Å². The summed E-state index contributed by atoms with van der Waals surface area (Å²) in [6, 6.07) is 5.79. The molecule has 1 unspecified atom stereocenters. The first-order valence-corrected chi connectivity index (χ1v) is 9.74. The summed E-state index contributed by atoms with van der Waals surface area (Å²) >= 11 is 0. The number of carbonyl (C=O) groups excluding carboxylic acids is 1. The molecule has 0 spiro atoms. The number of aliphatic hydroxyl groups is 1. The lowest BCUT2D eigenvalue weighted by molar-refractivity contribution is -0.129. The summed E-state index contributed by atoms with van der Waals surface area (Å²) in [5.41, 5.74) is 7.51. The van der Waals surface area contributed by atoms with Gasteiger partial charge in [0.25, 0.3) is 0 Å². The summed E-state index contributed by atoms with van der Waals surface area (Å²) in [4.78, 5) is 23.3. The van der Waals surface area contributed by atoms with Crippen molar-refractivity contribution in [3.8, 4) is 0 Å². The number of nitrogens with zero attached hydrogens (tertiary/aromatic N) is 3. The first-order valence-electron chi connectivity index (χ1n) is 9.74. The molecule has 0 bridgehead atoms. The van der Waals surface area contributed by atoms with Crippen molar-refractivity contribution in [2.24, 2.45) is 0 Å². The highest BCUT2D eigenvalue weighted by atomic mass is 16.3. The van der Waals surface area contributed by atoms with E-state index in [0.29, 0.717) is 30.8 Å². The Balaban J connectivity index is 2.12. The van der Waals surface area contributed by atoms with Crippen molar-refractivity contribution in [1.82, 2.24) is 20.2 Å². The zero-order valence-corrected chi connectivity index (χ0v) is 16.3. The average molecular weight is 371 g/mol. The van der Waals surface area contributed by atoms with E-state index < -0.39 is 11.6 Å². The Morgan fingerprint density at radius 3 is 2.56 bits per heavy atom. The van der Waals surface area contributed by atoms with Crippen molar-refractivity contribution >= 4 is 22.8 Å². The van der Waals surface area contributed by atoms with E-state index in [2.05, 4.69) is 15.3 Å². The smallest absolute Gasteiger partial charge is 0.230 e. The maximum atomic E-state index is 12.7. The Hall–Kier alpha value is -2.25. The van der Waals surface area contributed by atoms with Crippen LogP contribution >= 0.6 is 0 Å². The molecule has 7 nitrogen and oxygen atoms in total. The number of nitrogens with two attached hydrogens (primary N) is 1. The molecule has 0 saturated heterocycles. The molecule has 27 heavy (non-hydrogen) atoms. The minimum absolute atomic E-state index is 0.0674. The van der Waals surface area contributed by atoms with Crippen molar-refractivity contribution in [3.05, 3.63) is 29.5 Å². The van der Waals surface area contributed by atoms with Gasteiger partial charge in [-0.1, -0.05) is 26.3 Å². The number of carbonyl (C=O) groups is 1. The van der Waals surface area contributed by atoms with Crippen LogP contribution in [0.4, 0.5) is 5.95 Å². The van der Waals surface area contributed by atoms with Crippen LogP contribution in [0.1, 0.15) is 57.5 Å². The zero-order chi connectivity index (χ0) is 19.6. The van der Waals surface area contributed by atoms with E-state index >= 15 is 0 Å². The van der Waals surface area contributed by atoms with Crippen LogP contribution in [0.25, 0.3) is 10.9 Å². The minimum atomic E-state index is -0.871. The molecule has 1 aliphatic rings. The number of likely N-dealkylation sites (N-methyl/N-ethyl adjacent to an activating group) is 1. The van der Waals surface area contributed by atoms with Gasteiger partial charge in [0.1, 0.15) is 0 Å². The van der Waals surface area contributed by atoms with E-state index in [9.17, 15) is 9.90 Å². The fourth-order valence-electron chi connectivity index (χ4n) is 3.91. The number of nitrogen functional groups attached to an aromatic ring is 1. The van der Waals surface area contributed by atoms with Gasteiger partial charge >= 0.3 is 0 Å². The van der Waals surface area contributed by atoms with E-state index in [4.69, 9.17) is 5.73 Å². The van der Waals surface area contributed by atoms with Gasteiger partial charge in [0.2, 0.25) is 11.9 Å². The molecule has 1 aromatic carbocycles. The second-order valence-electron chi connectivity index (χ2n) is 7.09. The number of nitrogens with one attached hydrogen (secondary N) is 1. The highest BCUT2D eigenvalue weighted by Crippen LogP contribution is 2.45. The summed E-state index contributed by atoms with van der Waals surface area (Å²) in [6.45, 7) is 7.89. The third kappa shape index (κ3) is 3.37. The number of hydrogen-bond donors (Lipinski definition) is 3. The predicted molar refractivity (Wildman–Crippen MR) is 106 cm³/mol. The Morgan fingerprint density at radius 2 is 2.00 bits per heavy atom. The lowest BCUT2D eigenvalue weighted by Crippen LogP contribution is -2.49. The molecule has 0 radical (unpaired) electrons. The molecule has 1 fully saturated rings. The predicted octanol–water partition coefficient (Wildman–Crippen LogP) is 2.10. The topological polar surface area (TPSA) is 104 Å². The van der Waals surface area contributed by atoms with Crippen LogP contribution in [0.3, 0.4) is 0 Å². The van der Waals surface area contributed by atoms with Gasteiger partial charge in [-0.2, -0.15) is 0 Å². The third-order valence-electron chi connectivity index (χ3n) is 5.68. The van der Waals surface area contributed by atoms with Crippen LogP contribution in [-0.2, 0) is 10.2 Å². The van der Waals surface area contributed by atoms with Gasteiger partial charge < -0.3 is 16.2 Å². The molecule has 1 heterocycles. The van der Waals surface area contributed by atoms with Gasteiger partial charge in [-0.15, -0.1) is 0 Å². The standard InChI is InChI=1S/C20H29N5O2/c1-4-22-18(27)20(10-7-11-20)13-8-9-15-14(12-13)16(24-19(21)23-15)17(26)25(5-2)6-3/h8-9,12,17,26H,4-7,10-11H2,1-3H3,(H,22,27)(H2,21,23,24). The summed E-state index contributed by atoms with van der Waals surface area (Å²) in [7, 11) is 0. The number of benzene rings is 1. The fraction of sp³-hybridized carbons (Fsp3) is 0.550. The van der Waals surface area contributed by atoms with Crippen molar-refractivity contribution < 1.29 is 9.90 Å². The maximum absolute atomic E-state index is 12.7. The molecule has 2 aromatic rings. The van der Waals surface area contributed by atoms with Crippen LogP contribution in [0.15, 0.2) is 18.2 Å². The summed E-state index contributed by atoms with van der Waals surface area (Å²) in [5, 5.41) is 14.6. The van der Waals surface area contributed by atoms with Crippen LogP contribution in [0, 0.1) is 0 Å². The van der Waals surface area contributed by atoms with Crippen LogP contribution in [0.5, 0.6) is 0 Å². The highest BCUT2D eigenvalue weighted by Gasteiger charge is 2.45. The van der Waals surface area contributed by atoms with E-state index in [0.717, 1.165) is 30.2 Å². The van der Waals surface area contributed by atoms with Crippen molar-refractivity contribution in [2.45, 2.75) is 51.7 Å². The molecule has 1 aliphatic carbocycles. The lowest BCUT2D eigenvalue weighted by atomic mass is 9.63. The lowest BCUT2D eigenvalue weighted by Gasteiger charge is -2.41. The average Bonchev–Trinajstić information content (AvgIpc) is 2.61. The van der Waals surface area contributed by atoms with Gasteiger partial charge in [0, 0.05) is 11.9 Å². The summed E-state index contributed by atoms with van der Waals surface area (Å²) < 4.78 is 0. The van der Waals surface area contributed by atoms with Gasteiger partial charge in [0.15, 0.2) is 6.23 Å². The maximum Gasteiger partial charge on any atom is 0.230 e. The molecule has 1 aromatic heterocycles. The number of hydrogen-bond acceptors (Lipinski definition) is 6. The number of aliphatic hydroxyl groups excluding tert-OH is 1. The number of rotatable bonds is 7. The van der Waals surface area contributed by atoms with Crippen molar-refractivity contribution in [1.29, 1.82) is 0 Å². The molecule has 0 aliphatic heterocycles. The van der Waals surface area contributed by atoms with E-state index in [1.54, 1.807) is 0 Å². The van der Waals surface area contributed by atoms with Gasteiger partial charge in [-0.25, -0.2) is 9.97 Å². The SMILES string of the molecule is CCNC(=O)C1(c2ccc3nc(N)nc(C(O)N(CC)CC)c3c2)CCC1. The van der Waals surface area contributed by atoms with Crippen LogP contribution < -0.4 is 11.1 Å². The van der Waals surface area contributed by atoms with Crippen LogP contribution in [0.2, 0.25) is 0 Å². The molecule has 1 atom stereocenters. The quantitative estimate of drug-likeness (QED) is 0.644. The zero-order valence-electron chi connectivity index (χ0n) is 16.3. The second kappa shape index (κ2) is 7.78. The van der Waals surface area contributed by atoms with Gasteiger partial charge in [-0.3, -0.25) is 9.69 Å². The Morgan fingerprint density at radius 1 is 1.30 bits per heavy atom. The Bertz CT molecular complexity index is 830. The number of aromatic nitrogens is 2. The van der Waals surface area contributed by atoms with Gasteiger partial charge in [-0.05, 0) is 50.6 Å². The van der Waals surface area contributed by atoms with Crippen molar-refractivity contribution in [3.63, 3.8) is 0 Å². The minimum Gasteiger partial charge on any atom is -0.372 e. The van der Waals surface area contributed by atoms with E-state index in [1.807, 2.05) is 43.9 Å². The summed E-state index contributed by atoms with van der Waals surface area (Å²) in [6.07, 6.45) is 1.81. The van der Waals surface area contributed by atoms with E-state index in [-0.39, 0.29) is 11.9 Å². The van der Waals surface area contributed by atoms with Gasteiger partial charge in [0.05, 0.1) is 16.6 Å². The molecular formula is C20H29N5O2. The molecule has 1 saturated carbocycles. The molecule has 7 heteroatoms. The number of anilines is 1. The van der Waals surface area contributed by atoms with Crippen LogP contribution in [-0.4, -0.2) is 45.5 Å². The third-order valence-corrected chi connectivity index (χ3v) is 5.68. The first kappa shape index (κ1) is 19.5. The molecule has 1 amide bonds. The molecular weight excluding hydrogens is 342 g/mol. The number of fused-ring (bicyclic) bond motifs is 1. The molecule has 3 rings (SSSR count). The monoisotopic (exact) mass is 371 g/mol. The number of amides is 1. The molecule has 146 valence electrons. The van der Waals surface area contributed by atoms with Crippen molar-refractivity contribution in [2.75, 3.05) is 25.4 Å². The molecule has 4 N–H and O–H groups in total. The normalized spacial score (nSPS) is 16.9. The Labute approximate surface area is 160 Å². The summed E-state index contributed by atoms with van der Waals surface area (Å²) in [5.74, 6) is 0.205.